The van der Waals surface area contributed by atoms with Gasteiger partial charge in [0.25, 0.3) is 0 Å². The van der Waals surface area contributed by atoms with E-state index >= 15 is 0 Å². The second-order valence-corrected chi connectivity index (χ2v) is 8.92. The van der Waals surface area contributed by atoms with Crippen LogP contribution in [0.5, 0.6) is 11.5 Å². The number of aryl methyl sites for hydroxylation is 1. The molecule has 0 saturated heterocycles. The van der Waals surface area contributed by atoms with Crippen molar-refractivity contribution in [2.45, 2.75) is 33.9 Å². The fraction of sp³-hybridized carbons (Fsp3) is 0.310. The third-order valence-electron chi connectivity index (χ3n) is 5.62. The van der Waals surface area contributed by atoms with Gasteiger partial charge in [0.2, 0.25) is 5.91 Å². The Morgan fingerprint density at radius 1 is 0.917 bits per heavy atom. The van der Waals surface area contributed by atoms with Crippen molar-refractivity contribution >= 4 is 17.6 Å². The summed E-state index contributed by atoms with van der Waals surface area (Å²) in [4.78, 5) is 26.9. The molecule has 3 aromatic rings. The van der Waals surface area contributed by atoms with Gasteiger partial charge in [-0.1, -0.05) is 67.9 Å². The summed E-state index contributed by atoms with van der Waals surface area (Å²) in [5.41, 5.74) is 3.82. The van der Waals surface area contributed by atoms with E-state index in [4.69, 9.17) is 9.47 Å². The van der Waals surface area contributed by atoms with Crippen molar-refractivity contribution in [3.8, 4) is 11.5 Å². The zero-order chi connectivity index (χ0) is 25.9. The van der Waals surface area contributed by atoms with E-state index in [9.17, 15) is 9.59 Å². The van der Waals surface area contributed by atoms with Crippen LogP contribution in [0.25, 0.3) is 0 Å². The smallest absolute Gasteiger partial charge is 0.319 e. The molecule has 7 heteroatoms. The Labute approximate surface area is 213 Å². The van der Waals surface area contributed by atoms with Crippen molar-refractivity contribution in [3.63, 3.8) is 0 Å². The molecule has 3 amide bonds. The maximum absolute atomic E-state index is 12.9. The lowest BCUT2D eigenvalue weighted by atomic mass is 10.1. The Morgan fingerprint density at radius 3 is 2.31 bits per heavy atom. The van der Waals surface area contributed by atoms with Gasteiger partial charge in [0.15, 0.2) is 11.5 Å². The first-order valence-corrected chi connectivity index (χ1v) is 12.1. The van der Waals surface area contributed by atoms with Gasteiger partial charge >= 0.3 is 6.03 Å². The summed E-state index contributed by atoms with van der Waals surface area (Å²) in [6.07, 6.45) is 0. The molecule has 0 heterocycles. The van der Waals surface area contributed by atoms with E-state index in [1.807, 2.05) is 93.6 Å². The number of rotatable bonds is 11. The first-order chi connectivity index (χ1) is 17.4. The first kappa shape index (κ1) is 26.6. The average Bonchev–Trinajstić information content (AvgIpc) is 2.88. The van der Waals surface area contributed by atoms with Crippen LogP contribution in [-0.4, -0.2) is 37.0 Å². The molecule has 0 aliphatic heterocycles. The van der Waals surface area contributed by atoms with Crippen LogP contribution in [0.4, 0.5) is 10.5 Å². The predicted octanol–water partition coefficient (Wildman–Crippen LogP) is 5.39. The molecule has 0 aromatic heterocycles. The van der Waals surface area contributed by atoms with Gasteiger partial charge < -0.3 is 25.0 Å². The lowest BCUT2D eigenvalue weighted by molar-refractivity contribution is -0.135. The van der Waals surface area contributed by atoms with E-state index in [1.54, 1.807) is 12.0 Å². The van der Waals surface area contributed by atoms with Crippen LogP contribution < -0.4 is 20.1 Å². The maximum Gasteiger partial charge on any atom is 0.319 e. The number of methoxy groups -OCH3 is 1. The number of ether oxygens (including phenoxy) is 2. The minimum Gasteiger partial charge on any atom is -0.493 e. The van der Waals surface area contributed by atoms with Crippen LogP contribution >= 0.6 is 0 Å². The Kier molecular flexibility index (Phi) is 9.74. The quantitative estimate of drug-likeness (QED) is 0.379. The highest BCUT2D eigenvalue weighted by Crippen LogP contribution is 2.29. The number of nitrogens with zero attached hydrogens (tertiary/aromatic N) is 1. The Bertz CT molecular complexity index is 1130. The summed E-state index contributed by atoms with van der Waals surface area (Å²) in [5, 5.41) is 5.64. The molecule has 0 saturated carbocycles. The van der Waals surface area contributed by atoms with Gasteiger partial charge in [0.1, 0.15) is 6.61 Å². The van der Waals surface area contributed by atoms with Crippen molar-refractivity contribution < 1.29 is 19.1 Å². The number of carbonyl (C=O) groups is 2. The Morgan fingerprint density at radius 2 is 1.64 bits per heavy atom. The Balaban J connectivity index is 1.59. The molecule has 0 fully saturated rings. The molecule has 0 aliphatic rings. The topological polar surface area (TPSA) is 79.9 Å². The number of urea groups is 1. The van der Waals surface area contributed by atoms with Crippen LogP contribution in [-0.2, 0) is 17.9 Å². The summed E-state index contributed by atoms with van der Waals surface area (Å²) in [5.74, 6) is 1.10. The minimum atomic E-state index is -0.308. The zero-order valence-corrected chi connectivity index (χ0v) is 21.4. The summed E-state index contributed by atoms with van der Waals surface area (Å²) in [6, 6.07) is 22.9. The number of carbonyl (C=O) groups excluding carboxylic acids is 2. The van der Waals surface area contributed by atoms with Gasteiger partial charge in [-0.05, 0) is 42.3 Å². The Hall–Kier alpha value is -4.00. The number of amides is 3. The number of hydrogen-bond donors (Lipinski definition) is 2. The molecular weight excluding hydrogens is 454 g/mol. The van der Waals surface area contributed by atoms with Gasteiger partial charge in [-0.25, -0.2) is 4.79 Å². The molecule has 2 N–H and O–H groups in total. The molecule has 0 radical (unpaired) electrons. The van der Waals surface area contributed by atoms with E-state index in [1.165, 1.54) is 0 Å². The van der Waals surface area contributed by atoms with Crippen LogP contribution in [0.1, 0.15) is 30.5 Å². The van der Waals surface area contributed by atoms with Crippen molar-refractivity contribution in [2.24, 2.45) is 5.92 Å². The fourth-order valence-electron chi connectivity index (χ4n) is 3.63. The SMILES string of the molecule is COc1cc(CN(CCNC(=O)Nc2ccc(C)cc2)C(=O)C(C)C)ccc1OCc1ccccc1. The van der Waals surface area contributed by atoms with Gasteiger partial charge in [-0.15, -0.1) is 0 Å². The maximum atomic E-state index is 12.9. The predicted molar refractivity (Wildman–Crippen MR) is 142 cm³/mol. The van der Waals surface area contributed by atoms with E-state index in [0.29, 0.717) is 37.7 Å². The summed E-state index contributed by atoms with van der Waals surface area (Å²) >= 11 is 0. The standard InChI is InChI=1S/C29H35N3O4/c1-21(2)28(33)32(17-16-30-29(34)31-25-13-10-22(3)11-14-25)19-24-12-15-26(27(18-24)35-4)36-20-23-8-6-5-7-9-23/h5-15,18,21H,16-17,19-20H2,1-4H3,(H2,30,31,34). The van der Waals surface area contributed by atoms with E-state index in [0.717, 1.165) is 22.4 Å². The largest absolute Gasteiger partial charge is 0.493 e. The van der Waals surface area contributed by atoms with Gasteiger partial charge in [0.05, 0.1) is 7.11 Å². The molecule has 0 unspecified atom stereocenters. The van der Waals surface area contributed by atoms with Crippen molar-refractivity contribution in [1.29, 1.82) is 0 Å². The van der Waals surface area contributed by atoms with E-state index in [-0.39, 0.29) is 17.9 Å². The third-order valence-corrected chi connectivity index (χ3v) is 5.62. The van der Waals surface area contributed by atoms with Gasteiger partial charge in [-0.2, -0.15) is 0 Å². The second-order valence-electron chi connectivity index (χ2n) is 8.92. The monoisotopic (exact) mass is 489 g/mol. The highest BCUT2D eigenvalue weighted by molar-refractivity contribution is 5.89. The summed E-state index contributed by atoms with van der Waals surface area (Å²) < 4.78 is 11.5. The van der Waals surface area contributed by atoms with E-state index in [2.05, 4.69) is 10.6 Å². The first-order valence-electron chi connectivity index (χ1n) is 12.1. The minimum absolute atomic E-state index is 0.0131. The molecular formula is C29H35N3O4. The molecule has 0 bridgehead atoms. The van der Waals surface area contributed by atoms with Gasteiger partial charge in [0, 0.05) is 31.2 Å². The number of benzene rings is 3. The van der Waals surface area contributed by atoms with E-state index < -0.39 is 0 Å². The van der Waals surface area contributed by atoms with Crippen LogP contribution in [0.3, 0.4) is 0 Å². The van der Waals surface area contributed by atoms with Crippen molar-refractivity contribution in [1.82, 2.24) is 10.2 Å². The molecule has 7 nitrogen and oxygen atoms in total. The molecule has 190 valence electrons. The summed E-state index contributed by atoms with van der Waals surface area (Å²) in [6.45, 7) is 7.27. The highest BCUT2D eigenvalue weighted by Gasteiger charge is 2.18. The van der Waals surface area contributed by atoms with Crippen LogP contribution in [0, 0.1) is 12.8 Å². The normalized spacial score (nSPS) is 10.6. The highest BCUT2D eigenvalue weighted by atomic mass is 16.5. The molecule has 3 rings (SSSR count). The van der Waals surface area contributed by atoms with Crippen molar-refractivity contribution in [2.75, 3.05) is 25.5 Å². The molecule has 3 aromatic carbocycles. The lowest BCUT2D eigenvalue weighted by Crippen LogP contribution is -2.41. The average molecular weight is 490 g/mol. The van der Waals surface area contributed by atoms with Gasteiger partial charge in [-0.3, -0.25) is 4.79 Å². The van der Waals surface area contributed by atoms with Crippen LogP contribution in [0.2, 0.25) is 0 Å². The molecule has 36 heavy (non-hydrogen) atoms. The third kappa shape index (κ3) is 8.05. The summed E-state index contributed by atoms with van der Waals surface area (Å²) in [7, 11) is 1.60. The second kappa shape index (κ2) is 13.2. The number of anilines is 1. The molecule has 0 atom stereocenters. The molecule has 0 spiro atoms. The number of hydrogen-bond acceptors (Lipinski definition) is 4. The molecule has 0 aliphatic carbocycles. The lowest BCUT2D eigenvalue weighted by Gasteiger charge is -2.25. The number of nitrogens with one attached hydrogen (secondary N) is 2. The van der Waals surface area contributed by atoms with Crippen LogP contribution in [0.15, 0.2) is 72.8 Å². The van der Waals surface area contributed by atoms with Crippen molar-refractivity contribution in [3.05, 3.63) is 89.5 Å². The zero-order valence-electron chi connectivity index (χ0n) is 21.4. The fourth-order valence-corrected chi connectivity index (χ4v) is 3.63.